The van der Waals surface area contributed by atoms with Gasteiger partial charge in [-0.3, -0.25) is 9.59 Å². The molecule has 0 aromatic carbocycles. The first-order valence-corrected chi connectivity index (χ1v) is 8.53. The minimum Gasteiger partial charge on any atom is -0.481 e. The van der Waals surface area contributed by atoms with Gasteiger partial charge < -0.3 is 35.7 Å². The molecule has 0 amide bonds. The number of carboxylic acids is 2. The molecule has 9 heteroatoms. The predicted octanol–water partition coefficient (Wildman–Crippen LogP) is 0.561. The predicted molar refractivity (Wildman–Crippen MR) is 95.4 cm³/mol. The second-order valence-electron chi connectivity index (χ2n) is 6.67. The van der Waals surface area contributed by atoms with Gasteiger partial charge in [-0.05, 0) is 26.2 Å². The molecule has 0 atom stereocenters. The Morgan fingerprint density at radius 3 is 1.35 bits per heavy atom. The van der Waals surface area contributed by atoms with E-state index in [1.165, 1.54) is 6.92 Å². The Labute approximate surface area is 154 Å². The van der Waals surface area contributed by atoms with Gasteiger partial charge in [0.25, 0.3) is 0 Å². The van der Waals surface area contributed by atoms with E-state index in [1.54, 1.807) is 0 Å². The van der Waals surface area contributed by atoms with Gasteiger partial charge in [0.15, 0.2) is 5.79 Å². The zero-order valence-electron chi connectivity index (χ0n) is 16.2. The fraction of sp³-hybridized carbons (Fsp3) is 0.882. The summed E-state index contributed by atoms with van der Waals surface area (Å²) in [7, 11) is 0. The summed E-state index contributed by atoms with van der Waals surface area (Å²) in [6.07, 6.45) is 1.87. The van der Waals surface area contributed by atoms with Crippen LogP contribution in [0.25, 0.3) is 0 Å². The third-order valence-electron chi connectivity index (χ3n) is 3.61. The Morgan fingerprint density at radius 1 is 0.885 bits per heavy atom. The number of hydrogen-bond acceptors (Lipinski definition) is 7. The minimum atomic E-state index is -1.55. The molecule has 0 saturated heterocycles. The van der Waals surface area contributed by atoms with Crippen molar-refractivity contribution in [3.63, 3.8) is 0 Å². The van der Waals surface area contributed by atoms with Crippen LogP contribution in [0.1, 0.15) is 66.2 Å². The number of rotatable bonds is 10. The molecule has 0 spiro atoms. The number of aliphatic carboxylic acids is 2. The van der Waals surface area contributed by atoms with Gasteiger partial charge in [0, 0.05) is 18.3 Å². The molecule has 0 bridgehead atoms. The van der Waals surface area contributed by atoms with Crippen molar-refractivity contribution in [2.24, 2.45) is 5.41 Å². The van der Waals surface area contributed by atoms with Crippen LogP contribution in [0.4, 0.5) is 0 Å². The van der Waals surface area contributed by atoms with Gasteiger partial charge in [0.2, 0.25) is 0 Å². The molecule has 0 aliphatic heterocycles. The summed E-state index contributed by atoms with van der Waals surface area (Å²) in [4.78, 5) is 19.8. The van der Waals surface area contributed by atoms with E-state index in [-0.39, 0.29) is 26.1 Å². The summed E-state index contributed by atoms with van der Waals surface area (Å²) in [5, 5.41) is 58.7. The van der Waals surface area contributed by atoms with E-state index >= 15 is 0 Å². The van der Waals surface area contributed by atoms with E-state index in [0.29, 0.717) is 12.8 Å². The smallest absolute Gasteiger partial charge is 0.303 e. The lowest BCUT2D eigenvalue weighted by Crippen LogP contribution is -2.41. The van der Waals surface area contributed by atoms with E-state index in [9.17, 15) is 19.8 Å². The van der Waals surface area contributed by atoms with Crippen LogP contribution in [-0.2, 0) is 9.59 Å². The molecular formula is C17H36O9. The molecule has 0 aromatic rings. The van der Waals surface area contributed by atoms with E-state index in [0.717, 1.165) is 12.8 Å². The zero-order chi connectivity index (χ0) is 21.4. The zero-order valence-corrected chi connectivity index (χ0v) is 16.2. The summed E-state index contributed by atoms with van der Waals surface area (Å²) >= 11 is 0. The number of aliphatic hydroxyl groups is 5. The average Bonchev–Trinajstić information content (AvgIpc) is 2.50. The first-order valence-electron chi connectivity index (χ1n) is 8.53. The highest BCUT2D eigenvalue weighted by atomic mass is 16.5. The van der Waals surface area contributed by atoms with Crippen molar-refractivity contribution in [2.45, 2.75) is 78.1 Å². The molecule has 0 unspecified atom stereocenters. The Hall–Kier alpha value is -1.26. The maximum Gasteiger partial charge on any atom is 0.303 e. The van der Waals surface area contributed by atoms with Crippen molar-refractivity contribution < 1.29 is 45.3 Å². The van der Waals surface area contributed by atoms with Crippen molar-refractivity contribution in [2.75, 3.05) is 13.2 Å². The van der Waals surface area contributed by atoms with Gasteiger partial charge in [0.1, 0.15) is 6.10 Å². The molecular weight excluding hydrogens is 348 g/mol. The summed E-state index contributed by atoms with van der Waals surface area (Å²) in [5.74, 6) is -3.29. The highest BCUT2D eigenvalue weighted by molar-refractivity contribution is 5.67. The number of carbonyl (C=O) groups is 2. The monoisotopic (exact) mass is 384 g/mol. The van der Waals surface area contributed by atoms with Crippen LogP contribution in [0.15, 0.2) is 0 Å². The molecule has 0 rings (SSSR count). The Bertz CT molecular complexity index is 342. The van der Waals surface area contributed by atoms with Gasteiger partial charge in [0.05, 0.1) is 13.2 Å². The molecule has 0 aliphatic rings. The minimum absolute atomic E-state index is 0.0628. The third kappa shape index (κ3) is 20.8. The Kier molecular flexibility index (Phi) is 18.1. The SMILES string of the molecule is CCCC(C)(C)C(C)(O)O.O=C(O)CCCCC(=O)O.OCC(O)CO. The van der Waals surface area contributed by atoms with E-state index in [1.807, 2.05) is 20.8 Å². The topological polar surface area (TPSA) is 176 Å². The highest BCUT2D eigenvalue weighted by Crippen LogP contribution is 2.32. The van der Waals surface area contributed by atoms with Gasteiger partial charge in [-0.1, -0.05) is 27.2 Å². The number of carboxylic acid groups (broad SMARTS) is 2. The standard InChI is InChI=1S/C8H18O2.C6H10O4.C3H8O3/c1-5-6-7(2,3)8(4,9)10;7-5(8)3-1-2-4-6(9)10;4-1-3(6)2-5/h9-10H,5-6H2,1-4H3;1-4H2,(H,7,8)(H,9,10);3-6H,1-2H2. The maximum absolute atomic E-state index is 9.90. The normalized spacial score (nSPS) is 11.2. The van der Waals surface area contributed by atoms with Gasteiger partial charge in [-0.25, -0.2) is 0 Å². The average molecular weight is 384 g/mol. The van der Waals surface area contributed by atoms with Crippen molar-refractivity contribution in [3.05, 3.63) is 0 Å². The first-order chi connectivity index (χ1) is 11.7. The van der Waals surface area contributed by atoms with Crippen LogP contribution < -0.4 is 0 Å². The van der Waals surface area contributed by atoms with Gasteiger partial charge in [-0.15, -0.1) is 0 Å². The fourth-order valence-corrected chi connectivity index (χ4v) is 1.47. The molecule has 26 heavy (non-hydrogen) atoms. The highest BCUT2D eigenvalue weighted by Gasteiger charge is 2.36. The lowest BCUT2D eigenvalue weighted by atomic mass is 9.80. The molecule has 0 aliphatic carbocycles. The molecule has 0 aromatic heterocycles. The first kappa shape index (κ1) is 29.5. The molecule has 158 valence electrons. The molecule has 9 nitrogen and oxygen atoms in total. The number of aliphatic hydroxyl groups excluding tert-OH is 3. The summed E-state index contributed by atoms with van der Waals surface area (Å²) in [6, 6.07) is 0. The van der Waals surface area contributed by atoms with E-state index in [2.05, 4.69) is 0 Å². The van der Waals surface area contributed by atoms with Gasteiger partial charge >= 0.3 is 11.9 Å². The van der Waals surface area contributed by atoms with Gasteiger partial charge in [-0.2, -0.15) is 0 Å². The lowest BCUT2D eigenvalue weighted by molar-refractivity contribution is -0.220. The van der Waals surface area contributed by atoms with Crippen molar-refractivity contribution in [3.8, 4) is 0 Å². The van der Waals surface area contributed by atoms with Crippen molar-refractivity contribution in [1.82, 2.24) is 0 Å². The van der Waals surface area contributed by atoms with E-state index < -0.39 is 29.2 Å². The Morgan fingerprint density at radius 2 is 1.23 bits per heavy atom. The largest absolute Gasteiger partial charge is 0.481 e. The van der Waals surface area contributed by atoms with Crippen LogP contribution in [0.2, 0.25) is 0 Å². The maximum atomic E-state index is 9.90. The third-order valence-corrected chi connectivity index (χ3v) is 3.61. The van der Waals surface area contributed by atoms with Crippen LogP contribution in [0.3, 0.4) is 0 Å². The summed E-state index contributed by atoms with van der Waals surface area (Å²) in [6.45, 7) is 6.45. The van der Waals surface area contributed by atoms with Crippen LogP contribution in [-0.4, -0.2) is 72.8 Å². The van der Waals surface area contributed by atoms with Crippen LogP contribution in [0.5, 0.6) is 0 Å². The molecule has 0 saturated carbocycles. The van der Waals surface area contributed by atoms with Crippen LogP contribution in [0, 0.1) is 5.41 Å². The van der Waals surface area contributed by atoms with Crippen molar-refractivity contribution >= 4 is 11.9 Å². The molecule has 0 fully saturated rings. The second-order valence-corrected chi connectivity index (χ2v) is 6.67. The number of unbranched alkanes of at least 4 members (excludes halogenated alkanes) is 1. The van der Waals surface area contributed by atoms with E-state index in [4.69, 9.17) is 25.5 Å². The lowest BCUT2D eigenvalue weighted by Gasteiger charge is -2.35. The summed E-state index contributed by atoms with van der Waals surface area (Å²) < 4.78 is 0. The molecule has 0 radical (unpaired) electrons. The van der Waals surface area contributed by atoms with Crippen LogP contribution >= 0.6 is 0 Å². The second kappa shape index (κ2) is 16.0. The quantitative estimate of drug-likeness (QED) is 0.209. The number of hydrogen-bond donors (Lipinski definition) is 7. The molecule has 0 heterocycles. The summed E-state index contributed by atoms with van der Waals surface area (Å²) in [5.41, 5.74) is -0.401. The Balaban J connectivity index is -0.000000316. The fourth-order valence-electron chi connectivity index (χ4n) is 1.47. The molecule has 7 N–H and O–H groups in total. The van der Waals surface area contributed by atoms with Crippen molar-refractivity contribution in [1.29, 1.82) is 0 Å².